The van der Waals surface area contributed by atoms with Gasteiger partial charge in [0.25, 0.3) is 0 Å². The van der Waals surface area contributed by atoms with Crippen LogP contribution < -0.4 is 22.3 Å². The number of hydrogen-bond acceptors (Lipinski definition) is 6. The molecule has 20 heavy (non-hydrogen) atoms. The predicted molar refractivity (Wildman–Crippen MR) is 63.8 cm³/mol. The van der Waals surface area contributed by atoms with Gasteiger partial charge in [-0.2, -0.15) is 9.97 Å². The first-order valence-corrected chi connectivity index (χ1v) is 5.13. The monoisotopic (exact) mass is 288 g/mol. The van der Waals surface area contributed by atoms with Crippen LogP contribution in [0.1, 0.15) is 0 Å². The molecule has 0 amide bonds. The molecule has 0 saturated heterocycles. The number of nitrogens with two attached hydrogens (primary N) is 2. The van der Waals surface area contributed by atoms with Gasteiger partial charge in [0.1, 0.15) is 17.3 Å². The number of rotatable bonds is 3. The Hall–Kier alpha value is -2.62. The van der Waals surface area contributed by atoms with Crippen LogP contribution in [0, 0.1) is 23.3 Å². The molecule has 0 aliphatic rings. The molecule has 2 aromatic rings. The molecule has 0 atom stereocenters. The van der Waals surface area contributed by atoms with Gasteiger partial charge in [0.15, 0.2) is 23.3 Å². The molecule has 2 rings (SSSR count). The maximum absolute atomic E-state index is 13.5. The van der Waals surface area contributed by atoms with Crippen molar-refractivity contribution in [2.75, 3.05) is 16.5 Å². The molecule has 0 spiro atoms. The Labute approximate surface area is 109 Å². The van der Waals surface area contributed by atoms with E-state index in [0.717, 1.165) is 6.07 Å². The van der Waals surface area contributed by atoms with E-state index < -0.39 is 29.0 Å². The number of nitrogens with zero attached hydrogens (tertiary/aromatic N) is 2. The van der Waals surface area contributed by atoms with Crippen molar-refractivity contribution in [3.8, 4) is 0 Å². The molecule has 0 aliphatic heterocycles. The molecule has 0 radical (unpaired) electrons. The summed E-state index contributed by atoms with van der Waals surface area (Å²) in [5, 5.41) is 2.08. The lowest BCUT2D eigenvalue weighted by Gasteiger charge is -2.10. The fourth-order valence-corrected chi connectivity index (χ4v) is 1.41. The normalized spacial score (nSPS) is 10.4. The quantitative estimate of drug-likeness (QED) is 0.296. The second-order valence-electron chi connectivity index (χ2n) is 3.61. The third-order valence-electron chi connectivity index (χ3n) is 2.26. The predicted octanol–water partition coefficient (Wildman–Crippen LogP) is 1.64. The third-order valence-corrected chi connectivity index (χ3v) is 2.26. The molecule has 106 valence electrons. The lowest BCUT2D eigenvalue weighted by Crippen LogP contribution is -2.12. The molecule has 10 heteroatoms. The van der Waals surface area contributed by atoms with Crippen molar-refractivity contribution in [2.24, 2.45) is 5.84 Å². The van der Waals surface area contributed by atoms with Gasteiger partial charge in [0, 0.05) is 12.1 Å². The van der Waals surface area contributed by atoms with Gasteiger partial charge in [0.05, 0.1) is 0 Å². The Balaban J connectivity index is 2.47. The fourth-order valence-electron chi connectivity index (χ4n) is 1.41. The molecule has 6 nitrogen and oxygen atoms in total. The van der Waals surface area contributed by atoms with Crippen LogP contribution in [0.2, 0.25) is 0 Å². The molecular weight excluding hydrogens is 280 g/mol. The lowest BCUT2D eigenvalue weighted by atomic mass is 10.2. The van der Waals surface area contributed by atoms with E-state index >= 15 is 0 Å². The Morgan fingerprint density at radius 2 is 1.45 bits per heavy atom. The van der Waals surface area contributed by atoms with Gasteiger partial charge in [-0.05, 0) is 0 Å². The molecule has 0 unspecified atom stereocenters. The van der Waals surface area contributed by atoms with Crippen LogP contribution in [0.3, 0.4) is 0 Å². The summed E-state index contributed by atoms with van der Waals surface area (Å²) in [6, 6.07) is 1.23. The zero-order valence-corrected chi connectivity index (χ0v) is 9.72. The molecule has 0 saturated carbocycles. The van der Waals surface area contributed by atoms with Gasteiger partial charge in [-0.15, -0.1) is 0 Å². The highest BCUT2D eigenvalue weighted by atomic mass is 19.2. The minimum Gasteiger partial charge on any atom is -0.368 e. The molecular formula is C10H8F4N6. The molecule has 1 aromatic carbocycles. The second kappa shape index (κ2) is 5.17. The summed E-state index contributed by atoms with van der Waals surface area (Å²) in [7, 11) is 0. The zero-order valence-electron chi connectivity index (χ0n) is 9.72. The Morgan fingerprint density at radius 1 is 0.900 bits per heavy atom. The summed E-state index contributed by atoms with van der Waals surface area (Å²) < 4.78 is 53.0. The first kappa shape index (κ1) is 13.8. The van der Waals surface area contributed by atoms with Crippen molar-refractivity contribution in [3.63, 3.8) is 0 Å². The van der Waals surface area contributed by atoms with Crippen LogP contribution in [0.25, 0.3) is 0 Å². The number of benzene rings is 1. The fraction of sp³-hybridized carbons (Fsp3) is 0. The minimum atomic E-state index is -1.59. The molecule has 1 aromatic heterocycles. The number of hydrogen-bond donors (Lipinski definition) is 4. The SMILES string of the molecule is NNc1cc(Nc2c(F)c(F)cc(F)c2F)nc(N)n1. The van der Waals surface area contributed by atoms with Crippen LogP contribution in [-0.4, -0.2) is 9.97 Å². The summed E-state index contributed by atoms with van der Waals surface area (Å²) >= 11 is 0. The summed E-state index contributed by atoms with van der Waals surface area (Å²) in [5.41, 5.74) is 6.43. The summed E-state index contributed by atoms with van der Waals surface area (Å²) in [5.74, 6) is -1.62. The lowest BCUT2D eigenvalue weighted by molar-refractivity contribution is 0.459. The van der Waals surface area contributed by atoms with Gasteiger partial charge in [-0.1, -0.05) is 0 Å². The summed E-state index contributed by atoms with van der Waals surface area (Å²) in [6.07, 6.45) is 0. The van der Waals surface area contributed by atoms with Crippen LogP contribution in [-0.2, 0) is 0 Å². The van der Waals surface area contributed by atoms with E-state index in [9.17, 15) is 17.6 Å². The molecule has 0 bridgehead atoms. The van der Waals surface area contributed by atoms with E-state index in [1.165, 1.54) is 0 Å². The van der Waals surface area contributed by atoms with Crippen molar-refractivity contribution in [2.45, 2.75) is 0 Å². The average Bonchev–Trinajstić information content (AvgIpc) is 2.40. The van der Waals surface area contributed by atoms with E-state index in [1.54, 1.807) is 0 Å². The van der Waals surface area contributed by atoms with E-state index in [1.807, 2.05) is 0 Å². The summed E-state index contributed by atoms with van der Waals surface area (Å²) in [4.78, 5) is 7.23. The van der Waals surface area contributed by atoms with E-state index in [4.69, 9.17) is 11.6 Å². The second-order valence-corrected chi connectivity index (χ2v) is 3.61. The van der Waals surface area contributed by atoms with Crippen molar-refractivity contribution >= 4 is 23.3 Å². The Kier molecular flexibility index (Phi) is 3.57. The standard InChI is InChI=1S/C10H8F4N6/c11-3-1-4(12)8(14)9(7(3)13)17-5-2-6(20-16)19-10(15)18-5/h1-2H,16H2,(H4,15,17,18,19,20). The number of halogens is 4. The first-order chi connectivity index (χ1) is 9.42. The molecule has 1 heterocycles. The van der Waals surface area contributed by atoms with E-state index in [2.05, 4.69) is 20.7 Å². The Morgan fingerprint density at radius 3 is 2.00 bits per heavy atom. The number of anilines is 4. The zero-order chi connectivity index (χ0) is 14.9. The molecule has 0 fully saturated rings. The average molecular weight is 288 g/mol. The number of hydrazine groups is 1. The van der Waals surface area contributed by atoms with Crippen LogP contribution in [0.15, 0.2) is 12.1 Å². The maximum atomic E-state index is 13.5. The molecule has 6 N–H and O–H groups in total. The van der Waals surface area contributed by atoms with E-state index in [-0.39, 0.29) is 23.7 Å². The van der Waals surface area contributed by atoms with Crippen molar-refractivity contribution in [1.82, 2.24) is 9.97 Å². The maximum Gasteiger partial charge on any atom is 0.223 e. The van der Waals surface area contributed by atoms with Crippen molar-refractivity contribution < 1.29 is 17.6 Å². The number of nitrogens with one attached hydrogen (secondary N) is 2. The minimum absolute atomic E-state index is 0.0395. The van der Waals surface area contributed by atoms with Gasteiger partial charge in [-0.25, -0.2) is 23.4 Å². The smallest absolute Gasteiger partial charge is 0.223 e. The first-order valence-electron chi connectivity index (χ1n) is 5.13. The highest BCUT2D eigenvalue weighted by molar-refractivity contribution is 5.61. The molecule has 0 aliphatic carbocycles. The topological polar surface area (TPSA) is 102 Å². The van der Waals surface area contributed by atoms with Gasteiger partial charge in [0.2, 0.25) is 5.95 Å². The van der Waals surface area contributed by atoms with Crippen molar-refractivity contribution in [1.29, 1.82) is 0 Å². The van der Waals surface area contributed by atoms with Crippen LogP contribution in [0.5, 0.6) is 0 Å². The van der Waals surface area contributed by atoms with Crippen LogP contribution in [0.4, 0.5) is 40.8 Å². The highest BCUT2D eigenvalue weighted by Crippen LogP contribution is 2.27. The van der Waals surface area contributed by atoms with Crippen molar-refractivity contribution in [3.05, 3.63) is 35.4 Å². The summed E-state index contributed by atoms with van der Waals surface area (Å²) in [6.45, 7) is 0. The number of nitrogen functional groups attached to an aromatic ring is 2. The van der Waals surface area contributed by atoms with Crippen LogP contribution >= 0.6 is 0 Å². The largest absolute Gasteiger partial charge is 0.368 e. The van der Waals surface area contributed by atoms with Gasteiger partial charge in [-0.3, -0.25) is 0 Å². The van der Waals surface area contributed by atoms with E-state index in [0.29, 0.717) is 0 Å². The van der Waals surface area contributed by atoms with Gasteiger partial charge >= 0.3 is 0 Å². The van der Waals surface area contributed by atoms with Gasteiger partial charge < -0.3 is 16.5 Å². The number of aromatic nitrogens is 2. The highest BCUT2D eigenvalue weighted by Gasteiger charge is 2.19. The third kappa shape index (κ3) is 2.54. The Bertz CT molecular complexity index is 636.